The summed E-state index contributed by atoms with van der Waals surface area (Å²) in [7, 11) is 2.11. The van der Waals surface area contributed by atoms with Crippen LogP contribution < -0.4 is 10.5 Å². The Kier molecular flexibility index (Phi) is 4.42. The van der Waals surface area contributed by atoms with Crippen molar-refractivity contribution < 1.29 is 0 Å². The van der Waals surface area contributed by atoms with Gasteiger partial charge in [0, 0.05) is 26.2 Å². The highest BCUT2D eigenvalue weighted by Gasteiger charge is 2.22. The summed E-state index contributed by atoms with van der Waals surface area (Å²) in [6, 6.07) is 13.3. The van der Waals surface area contributed by atoms with E-state index in [0.717, 1.165) is 37.4 Å². The minimum atomic E-state index is -0.0877. The first-order valence-electron chi connectivity index (χ1n) is 8.76. The molecule has 1 fully saturated rings. The van der Waals surface area contributed by atoms with Gasteiger partial charge in [0.05, 0.1) is 21.6 Å². The van der Waals surface area contributed by atoms with Gasteiger partial charge in [-0.3, -0.25) is 4.79 Å². The van der Waals surface area contributed by atoms with Crippen LogP contribution in [0.5, 0.6) is 0 Å². The lowest BCUT2D eigenvalue weighted by Crippen LogP contribution is -2.46. The van der Waals surface area contributed by atoms with Crippen LogP contribution in [-0.4, -0.2) is 47.7 Å². The first-order valence-corrected chi connectivity index (χ1v) is 9.14. The van der Waals surface area contributed by atoms with Crippen molar-refractivity contribution in [3.63, 3.8) is 0 Å². The minimum Gasteiger partial charge on any atom is -0.339 e. The Hall–Kier alpha value is -2.37. The summed E-state index contributed by atoms with van der Waals surface area (Å²) < 4.78 is 1.71. The third-order valence-electron chi connectivity index (χ3n) is 4.91. The highest BCUT2D eigenvalue weighted by Crippen LogP contribution is 2.25. The van der Waals surface area contributed by atoms with E-state index < -0.39 is 0 Å². The molecule has 4 rings (SSSR count). The molecule has 1 aliphatic heterocycles. The van der Waals surface area contributed by atoms with Gasteiger partial charge in [0.1, 0.15) is 0 Å². The van der Waals surface area contributed by atoms with E-state index in [2.05, 4.69) is 16.8 Å². The first kappa shape index (κ1) is 17.1. The number of halogens is 1. The van der Waals surface area contributed by atoms with Crippen LogP contribution >= 0.6 is 11.6 Å². The lowest BCUT2D eigenvalue weighted by molar-refractivity contribution is 0.310. The van der Waals surface area contributed by atoms with Crippen LogP contribution in [-0.2, 0) is 0 Å². The van der Waals surface area contributed by atoms with Crippen molar-refractivity contribution in [3.05, 3.63) is 63.4 Å². The maximum Gasteiger partial charge on any atom is 0.267 e. The van der Waals surface area contributed by atoms with E-state index in [4.69, 9.17) is 16.6 Å². The summed E-state index contributed by atoms with van der Waals surface area (Å²) in [6.45, 7) is 5.55. The van der Waals surface area contributed by atoms with E-state index in [1.807, 2.05) is 31.2 Å². The van der Waals surface area contributed by atoms with Crippen LogP contribution in [0.3, 0.4) is 0 Å². The number of rotatable bonds is 2. The Morgan fingerprint density at radius 2 is 1.69 bits per heavy atom. The largest absolute Gasteiger partial charge is 0.339 e. The summed E-state index contributed by atoms with van der Waals surface area (Å²) in [5.41, 5.74) is 2.45. The van der Waals surface area contributed by atoms with Crippen molar-refractivity contribution in [2.45, 2.75) is 6.92 Å². The molecule has 134 valence electrons. The monoisotopic (exact) mass is 368 g/mol. The highest BCUT2D eigenvalue weighted by molar-refractivity contribution is 6.35. The van der Waals surface area contributed by atoms with Gasteiger partial charge in [-0.2, -0.15) is 0 Å². The van der Waals surface area contributed by atoms with Gasteiger partial charge in [-0.25, -0.2) is 9.55 Å². The molecular formula is C20H21ClN4O. The van der Waals surface area contributed by atoms with Crippen molar-refractivity contribution in [1.29, 1.82) is 0 Å². The molecule has 2 heterocycles. The molecule has 5 nitrogen and oxygen atoms in total. The third kappa shape index (κ3) is 2.97. The topological polar surface area (TPSA) is 41.4 Å². The molecule has 0 spiro atoms. The van der Waals surface area contributed by atoms with Crippen molar-refractivity contribution in [3.8, 4) is 5.69 Å². The van der Waals surface area contributed by atoms with Crippen LogP contribution in [0, 0.1) is 6.92 Å². The molecular weight excluding hydrogens is 348 g/mol. The van der Waals surface area contributed by atoms with E-state index in [-0.39, 0.29) is 5.56 Å². The van der Waals surface area contributed by atoms with Crippen LogP contribution in [0.4, 0.5) is 5.95 Å². The van der Waals surface area contributed by atoms with Gasteiger partial charge in [0.25, 0.3) is 5.56 Å². The van der Waals surface area contributed by atoms with Gasteiger partial charge < -0.3 is 9.80 Å². The van der Waals surface area contributed by atoms with E-state index in [1.165, 1.54) is 0 Å². The maximum absolute atomic E-state index is 13.3. The summed E-state index contributed by atoms with van der Waals surface area (Å²) >= 11 is 6.34. The van der Waals surface area contributed by atoms with E-state index in [9.17, 15) is 4.79 Å². The SMILES string of the molecule is Cc1ccc(-n2c(N3CCN(C)CC3)nc3c(Cl)cccc3c2=O)cc1. The molecule has 3 aromatic rings. The van der Waals surface area contributed by atoms with Crippen molar-refractivity contribution in [1.82, 2.24) is 14.5 Å². The van der Waals surface area contributed by atoms with Gasteiger partial charge in [0.2, 0.25) is 5.95 Å². The summed E-state index contributed by atoms with van der Waals surface area (Å²) in [4.78, 5) is 22.6. The summed E-state index contributed by atoms with van der Waals surface area (Å²) in [5, 5.41) is 1.04. The van der Waals surface area contributed by atoms with Gasteiger partial charge in [0.15, 0.2) is 0 Å². The molecule has 0 aliphatic carbocycles. The van der Waals surface area contributed by atoms with Gasteiger partial charge in [-0.1, -0.05) is 35.4 Å². The number of anilines is 1. The predicted molar refractivity (Wildman–Crippen MR) is 107 cm³/mol. The van der Waals surface area contributed by atoms with Crippen molar-refractivity contribution in [2.75, 3.05) is 38.1 Å². The van der Waals surface area contributed by atoms with E-state index in [1.54, 1.807) is 22.8 Å². The molecule has 0 saturated carbocycles. The number of fused-ring (bicyclic) bond motifs is 1. The molecule has 0 atom stereocenters. The Morgan fingerprint density at radius 3 is 2.38 bits per heavy atom. The fourth-order valence-corrected chi connectivity index (χ4v) is 3.52. The Labute approximate surface area is 157 Å². The highest BCUT2D eigenvalue weighted by atomic mass is 35.5. The molecule has 26 heavy (non-hydrogen) atoms. The quantitative estimate of drug-likeness (QED) is 0.697. The third-order valence-corrected chi connectivity index (χ3v) is 5.22. The second-order valence-corrected chi connectivity index (χ2v) is 7.22. The lowest BCUT2D eigenvalue weighted by Gasteiger charge is -2.34. The zero-order valence-electron chi connectivity index (χ0n) is 14.9. The van der Waals surface area contributed by atoms with Crippen LogP contribution in [0.15, 0.2) is 47.3 Å². The van der Waals surface area contributed by atoms with Gasteiger partial charge in [-0.15, -0.1) is 0 Å². The number of benzene rings is 2. The summed E-state index contributed by atoms with van der Waals surface area (Å²) in [6.07, 6.45) is 0. The maximum atomic E-state index is 13.3. The smallest absolute Gasteiger partial charge is 0.267 e. The average molecular weight is 369 g/mol. The number of aryl methyl sites for hydroxylation is 1. The average Bonchev–Trinajstić information content (AvgIpc) is 2.64. The molecule has 0 N–H and O–H groups in total. The van der Waals surface area contributed by atoms with Crippen LogP contribution in [0.2, 0.25) is 5.02 Å². The molecule has 0 amide bonds. The molecule has 0 bridgehead atoms. The van der Waals surface area contributed by atoms with Gasteiger partial charge >= 0.3 is 0 Å². The normalized spacial score (nSPS) is 15.6. The number of hydrogen-bond acceptors (Lipinski definition) is 4. The number of aromatic nitrogens is 2. The van der Waals surface area contributed by atoms with Crippen molar-refractivity contribution in [2.24, 2.45) is 0 Å². The fourth-order valence-electron chi connectivity index (χ4n) is 3.31. The molecule has 1 aliphatic rings. The second-order valence-electron chi connectivity index (χ2n) is 6.81. The number of nitrogens with zero attached hydrogens (tertiary/aromatic N) is 4. The molecule has 1 aromatic heterocycles. The lowest BCUT2D eigenvalue weighted by atomic mass is 10.2. The van der Waals surface area contributed by atoms with E-state index in [0.29, 0.717) is 21.9 Å². The number of likely N-dealkylation sites (N-methyl/N-ethyl adjacent to an activating group) is 1. The molecule has 0 radical (unpaired) electrons. The molecule has 0 unspecified atom stereocenters. The molecule has 6 heteroatoms. The number of para-hydroxylation sites is 1. The van der Waals surface area contributed by atoms with Crippen LogP contribution in [0.25, 0.3) is 16.6 Å². The Morgan fingerprint density at radius 1 is 1.00 bits per heavy atom. The fraction of sp³-hybridized carbons (Fsp3) is 0.300. The number of piperazine rings is 1. The standard InChI is InChI=1S/C20H21ClN4O/c1-14-6-8-15(9-7-14)25-19(26)16-4-3-5-17(21)18(16)22-20(25)24-12-10-23(2)11-13-24/h3-9H,10-13H2,1-2H3. The molecule has 2 aromatic carbocycles. The van der Waals surface area contributed by atoms with Crippen molar-refractivity contribution >= 4 is 28.5 Å². The molecule has 1 saturated heterocycles. The zero-order valence-corrected chi connectivity index (χ0v) is 15.7. The zero-order chi connectivity index (χ0) is 18.3. The van der Waals surface area contributed by atoms with Crippen LogP contribution in [0.1, 0.15) is 5.56 Å². The Balaban J connectivity index is 1.98. The van der Waals surface area contributed by atoms with E-state index >= 15 is 0 Å². The Bertz CT molecular complexity index is 1000. The summed E-state index contributed by atoms with van der Waals surface area (Å²) in [5.74, 6) is 0.660. The predicted octanol–water partition coefficient (Wildman–Crippen LogP) is 3.10. The second kappa shape index (κ2) is 6.74. The first-order chi connectivity index (χ1) is 12.5. The minimum absolute atomic E-state index is 0.0877. The number of hydrogen-bond donors (Lipinski definition) is 0. The van der Waals surface area contributed by atoms with Gasteiger partial charge in [-0.05, 0) is 38.2 Å².